The molecule has 13 nitrogen and oxygen atoms in total. The second kappa shape index (κ2) is 11.3. The van der Waals surface area contributed by atoms with Crippen LogP contribution >= 0.6 is 7.60 Å². The summed E-state index contributed by atoms with van der Waals surface area (Å²) in [5, 5.41) is 0. The quantitative estimate of drug-likeness (QED) is 0.231. The molecular weight excluding hydrogens is 515 g/mol. The van der Waals surface area contributed by atoms with E-state index in [1.807, 2.05) is 16.4 Å². The molecule has 1 aliphatic rings. The number of nitrogen functional groups attached to an aromatic ring is 1. The van der Waals surface area contributed by atoms with E-state index >= 15 is 0 Å². The summed E-state index contributed by atoms with van der Waals surface area (Å²) in [6, 6.07) is 0. The van der Waals surface area contributed by atoms with E-state index in [-0.39, 0.29) is 17.8 Å². The van der Waals surface area contributed by atoms with Gasteiger partial charge < -0.3 is 19.8 Å². The maximum atomic E-state index is 13.9. The van der Waals surface area contributed by atoms with Crippen LogP contribution in [0.5, 0.6) is 0 Å². The van der Waals surface area contributed by atoms with Crippen molar-refractivity contribution in [3.05, 3.63) is 12.5 Å². The van der Waals surface area contributed by atoms with E-state index < -0.39 is 44.0 Å². The third kappa shape index (κ3) is 7.49. The van der Waals surface area contributed by atoms with Crippen LogP contribution in [-0.4, -0.2) is 68.3 Å². The van der Waals surface area contributed by atoms with Gasteiger partial charge in [0.05, 0.1) is 23.4 Å². The molecule has 14 heteroatoms. The maximum Gasteiger partial charge on any atom is 0.350 e. The number of imidazole rings is 1. The molecule has 1 fully saturated rings. The number of aromatic nitrogens is 4. The molecule has 0 saturated heterocycles. The molecule has 0 unspecified atom stereocenters. The molecule has 38 heavy (non-hydrogen) atoms. The zero-order chi connectivity index (χ0) is 28.4. The maximum absolute atomic E-state index is 13.9. The largest absolute Gasteiger partial charge is 0.438 e. The lowest BCUT2D eigenvalue weighted by atomic mass is 9.98. The molecule has 0 spiro atoms. The van der Waals surface area contributed by atoms with Crippen LogP contribution < -0.4 is 5.73 Å². The first-order valence-electron chi connectivity index (χ1n) is 12.5. The summed E-state index contributed by atoms with van der Waals surface area (Å²) >= 11 is 0. The molecule has 2 heterocycles. The molecule has 1 aliphatic carbocycles. The number of likely N-dealkylation sites (N-methyl/N-ethyl adjacent to an activating group) is 1. The molecule has 212 valence electrons. The Bertz CT molecular complexity index is 1160. The average molecular weight is 555 g/mol. The first kappa shape index (κ1) is 29.9. The van der Waals surface area contributed by atoms with Gasteiger partial charge in [-0.3, -0.25) is 28.1 Å². The van der Waals surface area contributed by atoms with Gasteiger partial charge in [0.1, 0.15) is 11.8 Å². The third-order valence-electron chi connectivity index (χ3n) is 6.17. The summed E-state index contributed by atoms with van der Waals surface area (Å²) in [4.78, 5) is 39.0. The van der Waals surface area contributed by atoms with Crippen molar-refractivity contribution in [2.45, 2.75) is 73.4 Å². The Labute approximate surface area is 222 Å². The highest BCUT2D eigenvalue weighted by Crippen LogP contribution is 2.53. The van der Waals surface area contributed by atoms with Crippen LogP contribution in [0.25, 0.3) is 11.2 Å². The van der Waals surface area contributed by atoms with E-state index in [2.05, 4.69) is 15.0 Å². The Morgan fingerprint density at radius 2 is 1.61 bits per heavy atom. The first-order chi connectivity index (χ1) is 17.6. The van der Waals surface area contributed by atoms with Gasteiger partial charge in [0.2, 0.25) is 19.5 Å². The smallest absolute Gasteiger partial charge is 0.350 e. The highest BCUT2D eigenvalue weighted by atomic mass is 31.2. The summed E-state index contributed by atoms with van der Waals surface area (Å²) < 4.78 is 37.2. The number of rotatable bonds is 12. The van der Waals surface area contributed by atoms with Crippen LogP contribution in [0.2, 0.25) is 0 Å². The Balaban J connectivity index is 1.75. The zero-order valence-corrected chi connectivity index (χ0v) is 24.1. The van der Waals surface area contributed by atoms with E-state index in [9.17, 15) is 14.2 Å². The first-order valence-corrected chi connectivity index (χ1v) is 14.2. The number of anilines is 1. The number of nitrogens with two attached hydrogens (primary N) is 1. The predicted octanol–water partition coefficient (Wildman–Crippen LogP) is 3.54. The van der Waals surface area contributed by atoms with Crippen molar-refractivity contribution in [3.8, 4) is 0 Å². The highest BCUT2D eigenvalue weighted by Gasteiger charge is 2.50. The number of hydrogen-bond donors (Lipinski definition) is 1. The molecule has 0 amide bonds. The zero-order valence-electron chi connectivity index (χ0n) is 23.2. The van der Waals surface area contributed by atoms with Crippen molar-refractivity contribution in [3.63, 3.8) is 0 Å². The Kier molecular flexibility index (Phi) is 8.87. The van der Waals surface area contributed by atoms with Crippen molar-refractivity contribution in [1.29, 1.82) is 0 Å². The van der Waals surface area contributed by atoms with Crippen LogP contribution in [0.1, 0.15) is 61.3 Å². The SMILES string of the molecule is CCN(CP(=O)(OCOC(=O)C(C)(C)C)OCOC(=O)C(C)(C)C)C1(Cn2cnc3cnc(N)nc32)CC1. The molecule has 0 radical (unpaired) electrons. The normalized spacial score (nSPS) is 15.6. The van der Waals surface area contributed by atoms with E-state index in [1.54, 1.807) is 54.1 Å². The topological polar surface area (TPSA) is 161 Å². The number of carbonyl (C=O) groups is 2. The molecule has 2 aromatic rings. The minimum absolute atomic E-state index is 0.104. The van der Waals surface area contributed by atoms with E-state index in [4.69, 9.17) is 24.3 Å². The minimum Gasteiger partial charge on any atom is -0.438 e. The molecule has 0 atom stereocenters. The van der Waals surface area contributed by atoms with E-state index in [0.29, 0.717) is 24.3 Å². The minimum atomic E-state index is -3.91. The predicted molar refractivity (Wildman–Crippen MR) is 140 cm³/mol. The van der Waals surface area contributed by atoms with E-state index in [1.165, 1.54) is 0 Å². The highest BCUT2D eigenvalue weighted by molar-refractivity contribution is 7.53. The van der Waals surface area contributed by atoms with Crippen molar-refractivity contribution < 1.29 is 32.7 Å². The molecule has 2 N–H and O–H groups in total. The number of carbonyl (C=O) groups excluding carboxylic acids is 2. The number of nitrogens with zero attached hydrogens (tertiary/aromatic N) is 5. The summed E-state index contributed by atoms with van der Waals surface area (Å²) in [5.41, 5.74) is 5.13. The number of hydrogen-bond acceptors (Lipinski definition) is 12. The standard InChI is InChI=1S/C24H39N6O7P/c1-8-30(24(9-10-24)12-29-13-27-17-11-26-21(25)28-18(17)29)14-38(33,36-15-34-19(31)22(2,3)4)37-16-35-20(32)23(5,6)7/h11,13H,8-10,12,14-16H2,1-7H3,(H2,25,26,28). The van der Waals surface area contributed by atoms with Crippen molar-refractivity contribution in [1.82, 2.24) is 24.4 Å². The number of esters is 2. The molecule has 0 aromatic carbocycles. The molecule has 0 aliphatic heterocycles. The van der Waals surface area contributed by atoms with Gasteiger partial charge in [0, 0.05) is 12.1 Å². The van der Waals surface area contributed by atoms with Gasteiger partial charge in [-0.25, -0.2) is 9.97 Å². The number of ether oxygens (including phenoxy) is 2. The van der Waals surface area contributed by atoms with Gasteiger partial charge in [-0.2, -0.15) is 4.98 Å². The lowest BCUT2D eigenvalue weighted by Crippen LogP contribution is -2.41. The monoisotopic (exact) mass is 554 g/mol. The molecule has 2 aromatic heterocycles. The molecule has 3 rings (SSSR count). The van der Waals surface area contributed by atoms with Gasteiger partial charge in [-0.05, 0) is 60.9 Å². The summed E-state index contributed by atoms with van der Waals surface area (Å²) in [6.07, 6.45) is 4.81. The van der Waals surface area contributed by atoms with Gasteiger partial charge in [0.15, 0.2) is 5.65 Å². The molecule has 1 saturated carbocycles. The summed E-state index contributed by atoms with van der Waals surface area (Å²) in [6.45, 7) is 12.1. The van der Waals surface area contributed by atoms with Crippen LogP contribution in [0.4, 0.5) is 5.95 Å². The Hall–Kier alpha value is -2.60. The molecule has 0 bridgehead atoms. The van der Waals surface area contributed by atoms with Gasteiger partial charge >= 0.3 is 19.5 Å². The fourth-order valence-corrected chi connectivity index (χ4v) is 5.27. The van der Waals surface area contributed by atoms with Crippen molar-refractivity contribution in [2.24, 2.45) is 10.8 Å². The van der Waals surface area contributed by atoms with Crippen molar-refractivity contribution in [2.75, 3.05) is 32.2 Å². The average Bonchev–Trinajstić information content (AvgIpc) is 3.50. The van der Waals surface area contributed by atoms with Crippen molar-refractivity contribution >= 4 is 36.6 Å². The summed E-state index contributed by atoms with van der Waals surface area (Å²) in [7, 11) is -3.91. The van der Waals surface area contributed by atoms with Crippen LogP contribution in [0.15, 0.2) is 12.5 Å². The Morgan fingerprint density at radius 3 is 2.08 bits per heavy atom. The second-order valence-corrected chi connectivity index (χ2v) is 13.5. The number of fused-ring (bicyclic) bond motifs is 1. The second-order valence-electron chi connectivity index (χ2n) is 11.5. The lowest BCUT2D eigenvalue weighted by Gasteiger charge is -2.33. The Morgan fingerprint density at radius 1 is 1.05 bits per heavy atom. The fraction of sp³-hybridized carbons (Fsp3) is 0.708. The van der Waals surface area contributed by atoms with Gasteiger partial charge in [-0.15, -0.1) is 0 Å². The summed E-state index contributed by atoms with van der Waals surface area (Å²) in [5.74, 6) is -0.873. The van der Waals surface area contributed by atoms with E-state index in [0.717, 1.165) is 12.8 Å². The van der Waals surface area contributed by atoms with Crippen LogP contribution in [0, 0.1) is 10.8 Å². The van der Waals surface area contributed by atoms with Gasteiger partial charge in [-0.1, -0.05) is 6.92 Å². The van der Waals surface area contributed by atoms with Crippen LogP contribution in [0.3, 0.4) is 0 Å². The fourth-order valence-electron chi connectivity index (χ4n) is 3.69. The van der Waals surface area contributed by atoms with Crippen LogP contribution in [-0.2, 0) is 39.2 Å². The third-order valence-corrected chi connectivity index (χ3v) is 7.85. The van der Waals surface area contributed by atoms with Gasteiger partial charge in [0.25, 0.3) is 0 Å². The molecular formula is C24H39N6O7P. The lowest BCUT2D eigenvalue weighted by molar-refractivity contribution is -0.162.